The first-order valence-corrected chi connectivity index (χ1v) is 8.84. The van der Waals surface area contributed by atoms with E-state index in [-0.39, 0.29) is 30.5 Å². The molecule has 0 aliphatic carbocycles. The lowest BCUT2D eigenvalue weighted by Gasteiger charge is -2.41. The molecule has 2 saturated heterocycles. The second kappa shape index (κ2) is 7.26. The summed E-state index contributed by atoms with van der Waals surface area (Å²) in [5.74, 6) is -0.871. The molecule has 8 nitrogen and oxygen atoms in total. The lowest BCUT2D eigenvalue weighted by atomic mass is 9.86. The molecule has 0 unspecified atom stereocenters. The fourth-order valence-electron chi connectivity index (χ4n) is 4.16. The molecule has 1 aromatic carbocycles. The zero-order valence-corrected chi connectivity index (χ0v) is 16.0. The van der Waals surface area contributed by atoms with Gasteiger partial charge in [-0.25, -0.2) is 9.59 Å². The van der Waals surface area contributed by atoms with Crippen molar-refractivity contribution in [3.63, 3.8) is 0 Å². The number of carboxylic acid groups (broad SMARTS) is 1. The number of carbonyl (C=O) groups is 2. The summed E-state index contributed by atoms with van der Waals surface area (Å²) in [5.41, 5.74) is -1.37. The minimum Gasteiger partial charge on any atom is -0.493 e. The first-order valence-electron chi connectivity index (χ1n) is 8.84. The van der Waals surface area contributed by atoms with Crippen molar-refractivity contribution < 1.29 is 33.6 Å². The fraction of sp³-hybridized carbons (Fsp3) is 0.579. The minimum atomic E-state index is -1.52. The van der Waals surface area contributed by atoms with E-state index in [0.29, 0.717) is 17.2 Å². The Hall–Kier alpha value is -2.48. The maximum absolute atomic E-state index is 12.8. The van der Waals surface area contributed by atoms with E-state index < -0.39 is 17.5 Å². The molecule has 27 heavy (non-hydrogen) atoms. The maximum atomic E-state index is 12.8. The van der Waals surface area contributed by atoms with Gasteiger partial charge >= 0.3 is 11.9 Å². The largest absolute Gasteiger partial charge is 0.493 e. The molecule has 2 bridgehead atoms. The van der Waals surface area contributed by atoms with Gasteiger partial charge in [0.2, 0.25) is 11.4 Å². The Balaban J connectivity index is 1.90. The zero-order valence-electron chi connectivity index (χ0n) is 16.0. The van der Waals surface area contributed by atoms with Crippen LogP contribution in [0.15, 0.2) is 12.1 Å². The van der Waals surface area contributed by atoms with Crippen molar-refractivity contribution in [3.05, 3.63) is 17.7 Å². The highest BCUT2D eigenvalue weighted by Gasteiger charge is 2.54. The molecular weight excluding hydrogens is 354 g/mol. The zero-order chi connectivity index (χ0) is 19.8. The molecule has 2 aliphatic heterocycles. The Morgan fingerprint density at radius 2 is 1.56 bits per heavy atom. The van der Waals surface area contributed by atoms with Crippen LogP contribution in [0.1, 0.15) is 36.0 Å². The van der Waals surface area contributed by atoms with Crippen LogP contribution in [0, 0.1) is 0 Å². The molecule has 2 aliphatic rings. The van der Waals surface area contributed by atoms with Crippen LogP contribution in [0.2, 0.25) is 0 Å². The van der Waals surface area contributed by atoms with Gasteiger partial charge in [-0.2, -0.15) is 0 Å². The van der Waals surface area contributed by atoms with Crippen LogP contribution in [0.4, 0.5) is 0 Å². The number of ether oxygens (including phenoxy) is 4. The van der Waals surface area contributed by atoms with Crippen LogP contribution >= 0.6 is 0 Å². The third kappa shape index (κ3) is 3.29. The van der Waals surface area contributed by atoms with Crippen LogP contribution in [0.5, 0.6) is 17.2 Å². The average molecular weight is 379 g/mol. The van der Waals surface area contributed by atoms with Crippen LogP contribution in [0.25, 0.3) is 0 Å². The topological polar surface area (TPSA) is 94.5 Å². The summed E-state index contributed by atoms with van der Waals surface area (Å²) in [6.45, 7) is 0. The summed E-state index contributed by atoms with van der Waals surface area (Å²) in [6, 6.07) is 3.13. The van der Waals surface area contributed by atoms with E-state index in [2.05, 4.69) is 4.90 Å². The number of benzene rings is 1. The molecule has 2 heterocycles. The van der Waals surface area contributed by atoms with Crippen LogP contribution < -0.4 is 14.2 Å². The van der Waals surface area contributed by atoms with Crippen molar-refractivity contribution in [2.24, 2.45) is 0 Å². The van der Waals surface area contributed by atoms with E-state index in [0.717, 1.165) is 12.8 Å². The molecule has 2 atom stereocenters. The molecule has 3 rings (SSSR count). The molecule has 148 valence electrons. The number of carboxylic acids is 1. The number of hydrogen-bond donors (Lipinski definition) is 1. The quantitative estimate of drug-likeness (QED) is 0.750. The first kappa shape index (κ1) is 19.3. The summed E-state index contributed by atoms with van der Waals surface area (Å²) < 4.78 is 21.4. The number of esters is 1. The lowest BCUT2D eigenvalue weighted by Crippen LogP contribution is -2.55. The van der Waals surface area contributed by atoms with Crippen molar-refractivity contribution in [3.8, 4) is 17.2 Å². The predicted molar refractivity (Wildman–Crippen MR) is 95.7 cm³/mol. The number of nitrogens with zero attached hydrogens (tertiary/aromatic N) is 1. The van der Waals surface area contributed by atoms with Gasteiger partial charge in [0.15, 0.2) is 11.5 Å². The molecular formula is C19H25NO7. The monoisotopic (exact) mass is 379 g/mol. The van der Waals surface area contributed by atoms with Gasteiger partial charge in [-0.3, -0.25) is 0 Å². The van der Waals surface area contributed by atoms with E-state index in [1.165, 1.54) is 33.5 Å². The van der Waals surface area contributed by atoms with Crippen LogP contribution in [-0.4, -0.2) is 68.0 Å². The van der Waals surface area contributed by atoms with Crippen molar-refractivity contribution in [1.82, 2.24) is 4.90 Å². The number of hydrogen-bond acceptors (Lipinski definition) is 7. The summed E-state index contributed by atoms with van der Waals surface area (Å²) in [7, 11) is 6.35. The highest BCUT2D eigenvalue weighted by atomic mass is 16.6. The standard InChI is InChI=1S/C19H25NO7/c1-20-12-5-6-13(20)10-19(9-12,18(22)23)27-17(21)11-7-14(24-2)16(26-4)15(8-11)25-3/h7-8,12-13H,5-6,9-10H2,1-4H3,(H,22,23)/t12-,13-/m0/s1. The molecule has 0 spiro atoms. The van der Waals surface area contributed by atoms with Crippen molar-refractivity contribution in [2.75, 3.05) is 28.4 Å². The third-order valence-corrected chi connectivity index (χ3v) is 5.69. The highest BCUT2D eigenvalue weighted by molar-refractivity contribution is 5.94. The maximum Gasteiger partial charge on any atom is 0.348 e. The SMILES string of the molecule is COc1cc(C(=O)OC2(C(=O)O)C[C@@H]3CC[C@@H](C2)N3C)cc(OC)c1OC. The van der Waals surface area contributed by atoms with Crippen LogP contribution in [0.3, 0.4) is 0 Å². The molecule has 0 saturated carbocycles. The number of rotatable bonds is 6. The van der Waals surface area contributed by atoms with E-state index >= 15 is 0 Å². The molecule has 1 aromatic rings. The van der Waals surface area contributed by atoms with Gasteiger partial charge < -0.3 is 29.0 Å². The smallest absolute Gasteiger partial charge is 0.348 e. The van der Waals surface area contributed by atoms with Gasteiger partial charge in [0.1, 0.15) is 0 Å². The van der Waals surface area contributed by atoms with Gasteiger partial charge in [0.25, 0.3) is 0 Å². The Morgan fingerprint density at radius 3 is 1.96 bits per heavy atom. The number of fused-ring (bicyclic) bond motifs is 2. The summed E-state index contributed by atoms with van der Waals surface area (Å²) in [4.78, 5) is 27.1. The summed E-state index contributed by atoms with van der Waals surface area (Å²) in [6.07, 6.45) is 2.40. The highest BCUT2D eigenvalue weighted by Crippen LogP contribution is 2.43. The second-order valence-electron chi connectivity index (χ2n) is 7.06. The van der Waals surface area contributed by atoms with E-state index in [1.54, 1.807) is 0 Å². The molecule has 1 N–H and O–H groups in total. The van der Waals surface area contributed by atoms with Crippen molar-refractivity contribution in [1.29, 1.82) is 0 Å². The Kier molecular flexibility index (Phi) is 5.19. The van der Waals surface area contributed by atoms with Gasteiger partial charge in [0, 0.05) is 24.9 Å². The van der Waals surface area contributed by atoms with Crippen molar-refractivity contribution in [2.45, 2.75) is 43.4 Å². The van der Waals surface area contributed by atoms with E-state index in [1.807, 2.05) is 7.05 Å². The first-order chi connectivity index (χ1) is 12.8. The van der Waals surface area contributed by atoms with Gasteiger partial charge in [0.05, 0.1) is 26.9 Å². The number of methoxy groups -OCH3 is 3. The fourth-order valence-corrected chi connectivity index (χ4v) is 4.16. The van der Waals surface area contributed by atoms with E-state index in [4.69, 9.17) is 18.9 Å². The molecule has 0 radical (unpaired) electrons. The van der Waals surface area contributed by atoms with E-state index in [9.17, 15) is 14.7 Å². The molecule has 2 fully saturated rings. The number of carbonyl (C=O) groups excluding carboxylic acids is 1. The Bertz CT molecular complexity index is 709. The van der Waals surface area contributed by atoms with Gasteiger partial charge in [-0.05, 0) is 32.0 Å². The second-order valence-corrected chi connectivity index (χ2v) is 7.06. The number of piperidine rings is 1. The lowest BCUT2D eigenvalue weighted by molar-refractivity contribution is -0.167. The Labute approximate surface area is 157 Å². The molecule has 0 aromatic heterocycles. The van der Waals surface area contributed by atoms with Gasteiger partial charge in [-0.1, -0.05) is 0 Å². The van der Waals surface area contributed by atoms with Gasteiger partial charge in [-0.15, -0.1) is 0 Å². The predicted octanol–water partition coefficient (Wildman–Crippen LogP) is 1.95. The third-order valence-electron chi connectivity index (χ3n) is 5.69. The molecule has 8 heteroatoms. The van der Waals surface area contributed by atoms with Crippen molar-refractivity contribution >= 4 is 11.9 Å². The van der Waals surface area contributed by atoms with Crippen LogP contribution in [-0.2, 0) is 9.53 Å². The average Bonchev–Trinajstić information content (AvgIpc) is 2.87. The Morgan fingerprint density at radius 1 is 1.04 bits per heavy atom. The summed E-state index contributed by atoms with van der Waals surface area (Å²) >= 11 is 0. The summed E-state index contributed by atoms with van der Waals surface area (Å²) in [5, 5.41) is 9.85. The normalized spacial score (nSPS) is 27.1. The minimum absolute atomic E-state index is 0.104. The molecule has 0 amide bonds. The number of aliphatic carboxylic acids is 1.